The van der Waals surface area contributed by atoms with Crippen LogP contribution in [0.25, 0.3) is 0 Å². The fourth-order valence-corrected chi connectivity index (χ4v) is 2.00. The van der Waals surface area contributed by atoms with Gasteiger partial charge in [-0.1, -0.05) is 6.07 Å². The van der Waals surface area contributed by atoms with E-state index in [-0.39, 0.29) is 0 Å². The predicted octanol–water partition coefficient (Wildman–Crippen LogP) is 1.93. The van der Waals surface area contributed by atoms with Crippen LogP contribution in [0.3, 0.4) is 0 Å². The molecule has 1 aromatic rings. The van der Waals surface area contributed by atoms with E-state index in [4.69, 9.17) is 0 Å². The Bertz CT molecular complexity index is 331. The van der Waals surface area contributed by atoms with Crippen molar-refractivity contribution in [2.24, 2.45) is 0 Å². The number of pyridine rings is 1. The Morgan fingerprint density at radius 1 is 1.46 bits per heavy atom. The van der Waals surface area contributed by atoms with Crippen molar-refractivity contribution in [2.45, 2.75) is 38.7 Å². The largest absolute Gasteiger partial charge is 0.384 e. The van der Waals surface area contributed by atoms with Gasteiger partial charge < -0.3 is 5.11 Å². The van der Waals surface area contributed by atoms with Crippen molar-refractivity contribution in [2.75, 3.05) is 0 Å². The molecule has 0 fully saturated rings. The van der Waals surface area contributed by atoms with Crippen molar-refractivity contribution in [1.29, 1.82) is 0 Å². The maximum atomic E-state index is 10.1. The summed E-state index contributed by atoms with van der Waals surface area (Å²) in [5.74, 6) is 0. The average molecular weight is 177 g/mol. The van der Waals surface area contributed by atoms with E-state index in [0.717, 1.165) is 30.7 Å². The van der Waals surface area contributed by atoms with Gasteiger partial charge >= 0.3 is 0 Å². The average Bonchev–Trinajstić information content (AvgIpc) is 2.06. The molecule has 1 aliphatic carbocycles. The van der Waals surface area contributed by atoms with Crippen LogP contribution in [-0.4, -0.2) is 10.1 Å². The second-order valence-electron chi connectivity index (χ2n) is 4.09. The van der Waals surface area contributed by atoms with Gasteiger partial charge in [-0.05, 0) is 44.7 Å². The molecule has 0 bridgehead atoms. The van der Waals surface area contributed by atoms with Crippen molar-refractivity contribution < 1.29 is 5.11 Å². The Morgan fingerprint density at radius 2 is 2.23 bits per heavy atom. The minimum atomic E-state index is -0.709. The van der Waals surface area contributed by atoms with Gasteiger partial charge in [-0.3, -0.25) is 4.98 Å². The molecule has 0 spiro atoms. The Kier molecular flexibility index (Phi) is 1.88. The molecule has 1 aliphatic rings. The first kappa shape index (κ1) is 8.70. The molecule has 1 atom stereocenters. The summed E-state index contributed by atoms with van der Waals surface area (Å²) in [5, 5.41) is 10.1. The molecule has 13 heavy (non-hydrogen) atoms. The fraction of sp³-hybridized carbons (Fsp3) is 0.545. The van der Waals surface area contributed by atoms with Crippen LogP contribution in [0.4, 0.5) is 0 Å². The number of nitrogens with zero attached hydrogens (tertiary/aromatic N) is 1. The van der Waals surface area contributed by atoms with Gasteiger partial charge in [0.25, 0.3) is 0 Å². The molecule has 0 amide bonds. The number of fused-ring (bicyclic) bond motifs is 1. The Hall–Kier alpha value is -0.890. The highest BCUT2D eigenvalue weighted by atomic mass is 16.3. The number of hydrogen-bond acceptors (Lipinski definition) is 2. The minimum absolute atomic E-state index is 0.709. The molecule has 0 saturated heterocycles. The standard InChI is InChI=1S/C11H15NO/c1-8-5-6-9-4-3-7-11(2,13)10(9)12-8/h5-6,13H,3-4,7H2,1-2H3/t11-/m1/s1. The summed E-state index contributed by atoms with van der Waals surface area (Å²) in [7, 11) is 0. The molecular formula is C11H15NO. The number of aryl methyl sites for hydroxylation is 2. The maximum Gasteiger partial charge on any atom is 0.104 e. The van der Waals surface area contributed by atoms with Crippen molar-refractivity contribution >= 4 is 0 Å². The summed E-state index contributed by atoms with van der Waals surface area (Å²) in [4.78, 5) is 4.42. The molecule has 0 aromatic carbocycles. The van der Waals surface area contributed by atoms with Crippen LogP contribution in [-0.2, 0) is 12.0 Å². The number of hydrogen-bond donors (Lipinski definition) is 1. The molecule has 0 aliphatic heterocycles. The van der Waals surface area contributed by atoms with Gasteiger partial charge in [-0.2, -0.15) is 0 Å². The fourth-order valence-electron chi connectivity index (χ4n) is 2.00. The van der Waals surface area contributed by atoms with Gasteiger partial charge in [0.1, 0.15) is 5.60 Å². The molecule has 0 saturated carbocycles. The quantitative estimate of drug-likeness (QED) is 0.657. The SMILES string of the molecule is Cc1ccc2c(n1)[C@](C)(O)CCC2. The van der Waals surface area contributed by atoms with E-state index in [2.05, 4.69) is 11.1 Å². The van der Waals surface area contributed by atoms with E-state index in [9.17, 15) is 5.11 Å². The minimum Gasteiger partial charge on any atom is -0.384 e. The van der Waals surface area contributed by atoms with E-state index in [1.807, 2.05) is 19.9 Å². The Balaban J connectivity index is 2.55. The van der Waals surface area contributed by atoms with Crippen molar-refractivity contribution in [3.63, 3.8) is 0 Å². The lowest BCUT2D eigenvalue weighted by Gasteiger charge is -2.29. The Labute approximate surface area is 78.6 Å². The summed E-state index contributed by atoms with van der Waals surface area (Å²) in [6.07, 6.45) is 2.94. The third-order valence-electron chi connectivity index (χ3n) is 2.74. The van der Waals surface area contributed by atoms with Gasteiger partial charge in [0.15, 0.2) is 0 Å². The van der Waals surface area contributed by atoms with Crippen LogP contribution in [0, 0.1) is 6.92 Å². The molecule has 1 heterocycles. The summed E-state index contributed by atoms with van der Waals surface area (Å²) < 4.78 is 0. The third-order valence-corrected chi connectivity index (χ3v) is 2.74. The van der Waals surface area contributed by atoms with Gasteiger partial charge in [0.05, 0.1) is 5.69 Å². The smallest absolute Gasteiger partial charge is 0.104 e. The molecule has 0 unspecified atom stereocenters. The molecule has 1 aromatic heterocycles. The number of aromatic nitrogens is 1. The molecule has 0 radical (unpaired) electrons. The maximum absolute atomic E-state index is 10.1. The molecular weight excluding hydrogens is 162 g/mol. The lowest BCUT2D eigenvalue weighted by atomic mass is 9.84. The predicted molar refractivity (Wildman–Crippen MR) is 51.5 cm³/mol. The van der Waals surface area contributed by atoms with E-state index in [1.165, 1.54) is 5.56 Å². The first-order chi connectivity index (χ1) is 6.09. The number of rotatable bonds is 0. The first-order valence-electron chi connectivity index (χ1n) is 4.79. The van der Waals surface area contributed by atoms with Crippen LogP contribution in [0.2, 0.25) is 0 Å². The lowest BCUT2D eigenvalue weighted by molar-refractivity contribution is 0.0338. The highest BCUT2D eigenvalue weighted by Gasteiger charge is 2.30. The van der Waals surface area contributed by atoms with Crippen LogP contribution in [0.1, 0.15) is 36.7 Å². The van der Waals surface area contributed by atoms with Crippen molar-refractivity contribution in [1.82, 2.24) is 4.98 Å². The molecule has 2 nitrogen and oxygen atoms in total. The van der Waals surface area contributed by atoms with Gasteiger partial charge in [0, 0.05) is 5.69 Å². The van der Waals surface area contributed by atoms with E-state index in [1.54, 1.807) is 0 Å². The highest BCUT2D eigenvalue weighted by molar-refractivity contribution is 5.29. The third kappa shape index (κ3) is 1.46. The van der Waals surface area contributed by atoms with Gasteiger partial charge in [-0.25, -0.2) is 0 Å². The van der Waals surface area contributed by atoms with Gasteiger partial charge in [0.2, 0.25) is 0 Å². The molecule has 2 rings (SSSR count). The number of aliphatic hydroxyl groups is 1. The monoisotopic (exact) mass is 177 g/mol. The van der Waals surface area contributed by atoms with E-state index < -0.39 is 5.60 Å². The first-order valence-corrected chi connectivity index (χ1v) is 4.79. The zero-order valence-corrected chi connectivity index (χ0v) is 8.17. The van der Waals surface area contributed by atoms with E-state index >= 15 is 0 Å². The van der Waals surface area contributed by atoms with Crippen LogP contribution >= 0.6 is 0 Å². The summed E-state index contributed by atoms with van der Waals surface area (Å²) in [6, 6.07) is 4.10. The summed E-state index contributed by atoms with van der Waals surface area (Å²) in [6.45, 7) is 3.82. The normalized spacial score (nSPS) is 27.0. The summed E-state index contributed by atoms with van der Waals surface area (Å²) in [5.41, 5.74) is 2.38. The van der Waals surface area contributed by atoms with Crippen molar-refractivity contribution in [3.05, 3.63) is 29.1 Å². The Morgan fingerprint density at radius 3 is 3.00 bits per heavy atom. The zero-order valence-electron chi connectivity index (χ0n) is 8.17. The summed E-state index contributed by atoms with van der Waals surface area (Å²) >= 11 is 0. The molecule has 2 heteroatoms. The van der Waals surface area contributed by atoms with Gasteiger partial charge in [-0.15, -0.1) is 0 Å². The zero-order chi connectivity index (χ0) is 9.47. The second kappa shape index (κ2) is 2.81. The molecule has 70 valence electrons. The lowest BCUT2D eigenvalue weighted by Crippen LogP contribution is -2.28. The molecule has 1 N–H and O–H groups in total. The van der Waals surface area contributed by atoms with Crippen LogP contribution in [0.15, 0.2) is 12.1 Å². The van der Waals surface area contributed by atoms with E-state index in [0.29, 0.717) is 0 Å². The topological polar surface area (TPSA) is 33.1 Å². The van der Waals surface area contributed by atoms with Crippen LogP contribution in [0.5, 0.6) is 0 Å². The second-order valence-corrected chi connectivity index (χ2v) is 4.09. The highest BCUT2D eigenvalue weighted by Crippen LogP contribution is 2.33. The van der Waals surface area contributed by atoms with Crippen LogP contribution < -0.4 is 0 Å². The van der Waals surface area contributed by atoms with Crippen molar-refractivity contribution in [3.8, 4) is 0 Å².